The minimum absolute atomic E-state index is 0.254. The molecule has 0 saturated heterocycles. The van der Waals surface area contributed by atoms with E-state index in [1.165, 1.54) is 0 Å². The molecule has 82 valence electrons. The highest BCUT2D eigenvalue weighted by Gasteiger charge is 2.48. The maximum Gasteiger partial charge on any atom is 0.0927 e. The Morgan fingerprint density at radius 3 is 2.27 bits per heavy atom. The molecule has 0 bridgehead atoms. The lowest BCUT2D eigenvalue weighted by molar-refractivity contribution is -0.000839. The van der Waals surface area contributed by atoms with Crippen molar-refractivity contribution in [2.75, 3.05) is 0 Å². The van der Waals surface area contributed by atoms with Crippen molar-refractivity contribution in [1.29, 1.82) is 0 Å². The predicted molar refractivity (Wildman–Crippen MR) is 62.5 cm³/mol. The van der Waals surface area contributed by atoms with Gasteiger partial charge in [0.15, 0.2) is 0 Å². The van der Waals surface area contributed by atoms with Crippen molar-refractivity contribution in [3.8, 4) is 0 Å². The molecule has 0 spiro atoms. The zero-order valence-corrected chi connectivity index (χ0v) is 9.83. The summed E-state index contributed by atoms with van der Waals surface area (Å²) in [7, 11) is 0. The van der Waals surface area contributed by atoms with Crippen LogP contribution in [0.2, 0.25) is 0 Å². The SMILES string of the molecule is C[C@H]1CC(C)(C)C[C@]1(O)c1ccccc1. The van der Waals surface area contributed by atoms with Gasteiger partial charge >= 0.3 is 0 Å². The summed E-state index contributed by atoms with van der Waals surface area (Å²) >= 11 is 0. The molecule has 0 aromatic heterocycles. The summed E-state index contributed by atoms with van der Waals surface area (Å²) in [6.07, 6.45) is 1.96. The van der Waals surface area contributed by atoms with E-state index in [9.17, 15) is 5.11 Å². The van der Waals surface area contributed by atoms with Gasteiger partial charge in [-0.3, -0.25) is 0 Å². The van der Waals surface area contributed by atoms with Crippen molar-refractivity contribution >= 4 is 0 Å². The average Bonchev–Trinajstić information content (AvgIpc) is 2.38. The summed E-state index contributed by atoms with van der Waals surface area (Å²) in [5, 5.41) is 10.8. The van der Waals surface area contributed by atoms with Gasteiger partial charge in [-0.1, -0.05) is 51.1 Å². The van der Waals surface area contributed by atoms with Crippen LogP contribution in [-0.4, -0.2) is 5.11 Å². The Morgan fingerprint density at radius 2 is 1.80 bits per heavy atom. The highest BCUT2D eigenvalue weighted by atomic mass is 16.3. The van der Waals surface area contributed by atoms with E-state index in [4.69, 9.17) is 0 Å². The quantitative estimate of drug-likeness (QED) is 0.744. The molecule has 0 radical (unpaired) electrons. The van der Waals surface area contributed by atoms with Crippen molar-refractivity contribution in [3.63, 3.8) is 0 Å². The predicted octanol–water partition coefficient (Wildman–Crippen LogP) is 3.33. The Hall–Kier alpha value is -0.820. The third-order valence-electron chi connectivity index (χ3n) is 3.70. The Morgan fingerprint density at radius 1 is 1.20 bits per heavy atom. The molecule has 0 amide bonds. The van der Waals surface area contributed by atoms with Gasteiger partial charge in [-0.25, -0.2) is 0 Å². The van der Waals surface area contributed by atoms with Crippen LogP contribution in [0.5, 0.6) is 0 Å². The molecule has 2 rings (SSSR count). The number of benzene rings is 1. The monoisotopic (exact) mass is 204 g/mol. The molecule has 1 aliphatic rings. The lowest BCUT2D eigenvalue weighted by atomic mass is 9.84. The molecule has 2 atom stereocenters. The topological polar surface area (TPSA) is 20.2 Å². The molecule has 1 aromatic rings. The molecule has 1 aliphatic carbocycles. The van der Waals surface area contributed by atoms with E-state index in [2.05, 4.69) is 20.8 Å². The largest absolute Gasteiger partial charge is 0.385 e. The van der Waals surface area contributed by atoms with Crippen LogP contribution in [0, 0.1) is 11.3 Å². The zero-order valence-electron chi connectivity index (χ0n) is 9.83. The zero-order chi connectivity index (χ0) is 11.1. The first-order valence-corrected chi connectivity index (χ1v) is 5.72. The van der Waals surface area contributed by atoms with E-state index in [1.54, 1.807) is 0 Å². The van der Waals surface area contributed by atoms with Crippen molar-refractivity contribution in [3.05, 3.63) is 35.9 Å². The van der Waals surface area contributed by atoms with Gasteiger partial charge in [0.2, 0.25) is 0 Å². The summed E-state index contributed by atoms with van der Waals surface area (Å²) in [4.78, 5) is 0. The van der Waals surface area contributed by atoms with Crippen LogP contribution in [0.3, 0.4) is 0 Å². The van der Waals surface area contributed by atoms with Gasteiger partial charge in [0.1, 0.15) is 0 Å². The molecule has 0 aliphatic heterocycles. The van der Waals surface area contributed by atoms with E-state index >= 15 is 0 Å². The summed E-state index contributed by atoms with van der Waals surface area (Å²) in [6.45, 7) is 6.64. The van der Waals surface area contributed by atoms with E-state index in [1.807, 2.05) is 30.3 Å². The molecule has 1 N–H and O–H groups in total. The van der Waals surface area contributed by atoms with Gasteiger partial charge in [0.25, 0.3) is 0 Å². The number of aliphatic hydroxyl groups is 1. The highest BCUT2D eigenvalue weighted by Crippen LogP contribution is 2.52. The molecule has 0 heterocycles. The van der Waals surface area contributed by atoms with Crippen LogP contribution in [0.15, 0.2) is 30.3 Å². The molecule has 1 aromatic carbocycles. The van der Waals surface area contributed by atoms with Crippen LogP contribution in [0.4, 0.5) is 0 Å². The summed E-state index contributed by atoms with van der Waals surface area (Å²) < 4.78 is 0. The first kappa shape index (κ1) is 10.7. The van der Waals surface area contributed by atoms with Gasteiger partial charge in [-0.05, 0) is 29.7 Å². The number of rotatable bonds is 1. The van der Waals surface area contributed by atoms with Crippen molar-refractivity contribution < 1.29 is 5.11 Å². The number of hydrogen-bond donors (Lipinski definition) is 1. The molecule has 1 fully saturated rings. The van der Waals surface area contributed by atoms with Crippen molar-refractivity contribution in [2.24, 2.45) is 11.3 Å². The van der Waals surface area contributed by atoms with E-state index in [-0.39, 0.29) is 5.41 Å². The van der Waals surface area contributed by atoms with Gasteiger partial charge in [0, 0.05) is 0 Å². The van der Waals surface area contributed by atoms with E-state index in [0.29, 0.717) is 5.92 Å². The fourth-order valence-corrected chi connectivity index (χ4v) is 3.09. The summed E-state index contributed by atoms with van der Waals surface area (Å²) in [5.41, 5.74) is 0.706. The summed E-state index contributed by atoms with van der Waals surface area (Å²) in [6, 6.07) is 10.1. The van der Waals surface area contributed by atoms with Gasteiger partial charge in [-0.2, -0.15) is 0 Å². The first-order chi connectivity index (χ1) is 6.94. The van der Waals surface area contributed by atoms with E-state index < -0.39 is 5.60 Å². The van der Waals surface area contributed by atoms with Crippen LogP contribution in [0.1, 0.15) is 39.2 Å². The maximum atomic E-state index is 10.8. The van der Waals surface area contributed by atoms with Crippen molar-refractivity contribution in [1.82, 2.24) is 0 Å². The molecule has 1 nitrogen and oxygen atoms in total. The Kier molecular flexibility index (Phi) is 2.38. The Balaban J connectivity index is 2.36. The van der Waals surface area contributed by atoms with Gasteiger partial charge in [0.05, 0.1) is 5.60 Å². The fourth-order valence-electron chi connectivity index (χ4n) is 3.09. The van der Waals surface area contributed by atoms with Crippen LogP contribution in [-0.2, 0) is 5.60 Å². The smallest absolute Gasteiger partial charge is 0.0927 e. The fraction of sp³-hybridized carbons (Fsp3) is 0.571. The lowest BCUT2D eigenvalue weighted by Gasteiger charge is -2.29. The third kappa shape index (κ3) is 1.81. The second-order valence-corrected chi connectivity index (χ2v) is 5.74. The molecular formula is C14H20O. The first-order valence-electron chi connectivity index (χ1n) is 5.72. The average molecular weight is 204 g/mol. The second kappa shape index (κ2) is 3.34. The minimum Gasteiger partial charge on any atom is -0.385 e. The van der Waals surface area contributed by atoms with Crippen LogP contribution < -0.4 is 0 Å². The number of hydrogen-bond acceptors (Lipinski definition) is 1. The normalized spacial score (nSPS) is 34.3. The third-order valence-corrected chi connectivity index (χ3v) is 3.70. The Labute approximate surface area is 92.1 Å². The molecule has 15 heavy (non-hydrogen) atoms. The standard InChI is InChI=1S/C14H20O/c1-11-9-13(2,3)10-14(11,15)12-7-5-4-6-8-12/h4-8,11,15H,9-10H2,1-3H3/t11-,14+/m0/s1. The lowest BCUT2D eigenvalue weighted by Crippen LogP contribution is -2.28. The second-order valence-electron chi connectivity index (χ2n) is 5.74. The van der Waals surface area contributed by atoms with Crippen LogP contribution in [0.25, 0.3) is 0 Å². The summed E-state index contributed by atoms with van der Waals surface area (Å²) in [5.74, 6) is 0.342. The minimum atomic E-state index is -0.620. The highest BCUT2D eigenvalue weighted by molar-refractivity contribution is 5.25. The van der Waals surface area contributed by atoms with Gasteiger partial charge in [-0.15, -0.1) is 0 Å². The maximum absolute atomic E-state index is 10.8. The molecule has 0 unspecified atom stereocenters. The molecular weight excluding hydrogens is 184 g/mol. The van der Waals surface area contributed by atoms with E-state index in [0.717, 1.165) is 18.4 Å². The van der Waals surface area contributed by atoms with Gasteiger partial charge < -0.3 is 5.11 Å². The molecule has 1 heteroatoms. The van der Waals surface area contributed by atoms with Crippen LogP contribution >= 0.6 is 0 Å². The Bertz CT molecular complexity index is 342. The molecule has 1 saturated carbocycles. The van der Waals surface area contributed by atoms with Crippen molar-refractivity contribution in [2.45, 2.75) is 39.2 Å².